The van der Waals surface area contributed by atoms with Crippen molar-refractivity contribution in [2.24, 2.45) is 0 Å². The van der Waals surface area contributed by atoms with Crippen molar-refractivity contribution in [2.75, 3.05) is 45.9 Å². The third kappa shape index (κ3) is 5.80. The van der Waals surface area contributed by atoms with Crippen molar-refractivity contribution in [1.82, 2.24) is 20.0 Å². The molecule has 37 heavy (non-hydrogen) atoms. The van der Waals surface area contributed by atoms with E-state index in [-0.39, 0.29) is 30.7 Å². The zero-order valence-electron chi connectivity index (χ0n) is 20.9. The molecule has 0 unspecified atom stereocenters. The van der Waals surface area contributed by atoms with Gasteiger partial charge < -0.3 is 15.0 Å². The van der Waals surface area contributed by atoms with Crippen molar-refractivity contribution >= 4 is 17.9 Å². The molecule has 0 spiro atoms. The van der Waals surface area contributed by atoms with Crippen molar-refractivity contribution in [2.45, 2.75) is 19.9 Å². The molecule has 1 fully saturated rings. The molecule has 0 aliphatic carbocycles. The summed E-state index contributed by atoms with van der Waals surface area (Å²) in [5.41, 5.74) is 1.48. The van der Waals surface area contributed by atoms with Crippen molar-refractivity contribution in [3.8, 4) is 0 Å². The van der Waals surface area contributed by atoms with E-state index in [9.17, 15) is 23.2 Å². The molecule has 0 bridgehead atoms. The van der Waals surface area contributed by atoms with Crippen molar-refractivity contribution < 1.29 is 27.9 Å². The first-order chi connectivity index (χ1) is 17.8. The Labute approximate surface area is 214 Å². The van der Waals surface area contributed by atoms with Crippen molar-refractivity contribution in [1.29, 1.82) is 0 Å². The van der Waals surface area contributed by atoms with E-state index in [1.54, 1.807) is 30.9 Å². The minimum atomic E-state index is -0.865. The van der Waals surface area contributed by atoms with E-state index in [2.05, 4.69) is 5.32 Å². The quantitative estimate of drug-likeness (QED) is 0.576. The van der Waals surface area contributed by atoms with Crippen molar-refractivity contribution in [3.63, 3.8) is 0 Å². The van der Waals surface area contributed by atoms with Crippen LogP contribution in [0.1, 0.15) is 35.8 Å². The molecule has 1 atom stereocenters. The monoisotopic (exact) mass is 512 g/mol. The summed E-state index contributed by atoms with van der Waals surface area (Å²) in [6, 6.07) is 10.1. The summed E-state index contributed by atoms with van der Waals surface area (Å²) in [5.74, 6) is -1.77. The number of carbonyl (C=O) groups excluding carboxylic acids is 3. The highest BCUT2D eigenvalue weighted by Crippen LogP contribution is 2.32. The second-order valence-electron chi connectivity index (χ2n) is 8.84. The topological polar surface area (TPSA) is 82.2 Å². The van der Waals surface area contributed by atoms with E-state index >= 15 is 0 Å². The summed E-state index contributed by atoms with van der Waals surface area (Å²) in [6.07, 6.45) is 0. The number of hydrogen-bond donors (Lipinski definition) is 1. The first kappa shape index (κ1) is 26.3. The molecule has 8 nitrogen and oxygen atoms in total. The third-order valence-corrected chi connectivity index (χ3v) is 6.54. The number of halogens is 2. The van der Waals surface area contributed by atoms with E-state index < -0.39 is 23.6 Å². The highest BCUT2D eigenvalue weighted by molar-refractivity contribution is 5.95. The van der Waals surface area contributed by atoms with Crippen LogP contribution >= 0.6 is 0 Å². The fourth-order valence-electron chi connectivity index (χ4n) is 4.72. The lowest BCUT2D eigenvalue weighted by molar-refractivity contribution is -0.139. The lowest BCUT2D eigenvalue weighted by Crippen LogP contribution is -2.53. The van der Waals surface area contributed by atoms with Gasteiger partial charge in [0.2, 0.25) is 0 Å². The molecule has 196 valence electrons. The summed E-state index contributed by atoms with van der Waals surface area (Å²) in [7, 11) is 0. The number of nitrogens with one attached hydrogen (secondary N) is 1. The number of piperazine rings is 1. The summed E-state index contributed by atoms with van der Waals surface area (Å²) >= 11 is 0. The van der Waals surface area contributed by atoms with E-state index in [1.165, 1.54) is 41.3 Å². The van der Waals surface area contributed by atoms with E-state index in [0.717, 1.165) is 0 Å². The highest BCUT2D eigenvalue weighted by atomic mass is 19.1. The van der Waals surface area contributed by atoms with Crippen LogP contribution < -0.4 is 5.32 Å². The lowest BCUT2D eigenvalue weighted by atomic mass is 9.94. The Bertz CT molecular complexity index is 1210. The second-order valence-corrected chi connectivity index (χ2v) is 8.84. The number of carbonyl (C=O) groups is 3. The Hall–Kier alpha value is -3.79. The summed E-state index contributed by atoms with van der Waals surface area (Å²) in [5, 5.41) is 2.82. The molecule has 4 rings (SSSR count). The molecule has 0 aromatic heterocycles. The number of nitrogens with zero attached hydrogens (tertiary/aromatic N) is 3. The molecule has 2 aromatic carbocycles. The molecule has 1 saturated heterocycles. The van der Waals surface area contributed by atoms with E-state index in [0.29, 0.717) is 49.5 Å². The minimum Gasteiger partial charge on any atom is -0.463 e. The van der Waals surface area contributed by atoms with Gasteiger partial charge >= 0.3 is 12.0 Å². The second kappa shape index (κ2) is 11.5. The number of rotatable bonds is 7. The van der Waals surface area contributed by atoms with Crippen LogP contribution in [0.25, 0.3) is 0 Å². The van der Waals surface area contributed by atoms with Crippen LogP contribution in [0, 0.1) is 11.6 Å². The first-order valence-electron chi connectivity index (χ1n) is 12.3. The SMILES string of the molecule is CCOC(=O)C1=C(CN2CCN(C(=O)c3cccc(F)c3)CC2)N(CC)C(=O)N[C@H]1c1cccc(F)c1. The van der Waals surface area contributed by atoms with Gasteiger partial charge in [0, 0.05) is 50.5 Å². The summed E-state index contributed by atoms with van der Waals surface area (Å²) in [4.78, 5) is 44.2. The summed E-state index contributed by atoms with van der Waals surface area (Å²) < 4.78 is 33.0. The standard InChI is InChI=1S/C27H30F2N4O4/c1-3-33-22(17-31-11-13-32(14-12-31)25(34)19-8-6-10-21(29)16-19)23(26(35)37-4-2)24(30-27(33)36)18-7-5-9-20(28)15-18/h5-10,15-16,24H,3-4,11-14,17H2,1-2H3,(H,30,36)/t24-/m0/s1. The Morgan fingerprint density at radius 2 is 1.68 bits per heavy atom. The lowest BCUT2D eigenvalue weighted by Gasteiger charge is -2.40. The van der Waals surface area contributed by atoms with Gasteiger partial charge in [-0.2, -0.15) is 0 Å². The summed E-state index contributed by atoms with van der Waals surface area (Å²) in [6.45, 7) is 6.03. The Balaban J connectivity index is 1.59. The van der Waals surface area contributed by atoms with Crippen molar-refractivity contribution in [3.05, 3.63) is 82.6 Å². The van der Waals surface area contributed by atoms with Gasteiger partial charge in [0.25, 0.3) is 5.91 Å². The first-order valence-corrected chi connectivity index (χ1v) is 12.3. The van der Waals surface area contributed by atoms with Gasteiger partial charge in [0.05, 0.1) is 18.2 Å². The minimum absolute atomic E-state index is 0.145. The molecule has 10 heteroatoms. The number of hydrogen-bond acceptors (Lipinski definition) is 5. The van der Waals surface area contributed by atoms with Crippen LogP contribution in [0.3, 0.4) is 0 Å². The smallest absolute Gasteiger partial charge is 0.338 e. The maximum atomic E-state index is 14.0. The van der Waals surface area contributed by atoms with Gasteiger partial charge in [-0.1, -0.05) is 18.2 Å². The molecular weight excluding hydrogens is 482 g/mol. The van der Waals surface area contributed by atoms with Crippen LogP contribution in [-0.4, -0.2) is 78.5 Å². The molecule has 0 saturated carbocycles. The molecule has 2 aliphatic heterocycles. The molecule has 3 amide bonds. The molecule has 2 aliphatic rings. The number of ether oxygens (including phenoxy) is 1. The average molecular weight is 513 g/mol. The average Bonchev–Trinajstić information content (AvgIpc) is 2.88. The predicted octanol–water partition coefficient (Wildman–Crippen LogP) is 3.33. The van der Waals surface area contributed by atoms with Crippen LogP contribution in [0.5, 0.6) is 0 Å². The molecule has 0 radical (unpaired) electrons. The zero-order valence-corrected chi connectivity index (χ0v) is 20.9. The Kier molecular flexibility index (Phi) is 8.17. The maximum Gasteiger partial charge on any atom is 0.338 e. The van der Waals surface area contributed by atoms with Crippen LogP contribution in [0.2, 0.25) is 0 Å². The number of likely N-dealkylation sites (N-methyl/N-ethyl adjacent to an activating group) is 1. The Morgan fingerprint density at radius 3 is 2.30 bits per heavy atom. The van der Waals surface area contributed by atoms with Gasteiger partial charge in [-0.05, 0) is 49.7 Å². The maximum absolute atomic E-state index is 14.0. The van der Waals surface area contributed by atoms with Crippen LogP contribution in [0.4, 0.5) is 13.6 Å². The van der Waals surface area contributed by atoms with Crippen LogP contribution in [-0.2, 0) is 9.53 Å². The number of urea groups is 1. The third-order valence-electron chi connectivity index (χ3n) is 6.54. The normalized spacial score (nSPS) is 18.6. The molecule has 1 N–H and O–H groups in total. The van der Waals surface area contributed by atoms with Gasteiger partial charge in [-0.3, -0.25) is 14.6 Å². The van der Waals surface area contributed by atoms with Gasteiger partial charge in [-0.25, -0.2) is 18.4 Å². The number of benzene rings is 2. The van der Waals surface area contributed by atoms with Crippen LogP contribution in [0.15, 0.2) is 59.8 Å². The predicted molar refractivity (Wildman–Crippen MR) is 132 cm³/mol. The number of amides is 3. The largest absolute Gasteiger partial charge is 0.463 e. The molecule has 2 heterocycles. The fourth-order valence-corrected chi connectivity index (χ4v) is 4.72. The molecule has 2 aromatic rings. The van der Waals surface area contributed by atoms with E-state index in [1.807, 2.05) is 4.90 Å². The Morgan fingerprint density at radius 1 is 1.00 bits per heavy atom. The highest BCUT2D eigenvalue weighted by Gasteiger charge is 2.38. The number of esters is 1. The van der Waals surface area contributed by atoms with Gasteiger partial charge in [-0.15, -0.1) is 0 Å². The van der Waals surface area contributed by atoms with Gasteiger partial charge in [0.15, 0.2) is 0 Å². The zero-order chi connectivity index (χ0) is 26.5. The molecular formula is C27H30F2N4O4. The van der Waals surface area contributed by atoms with Gasteiger partial charge in [0.1, 0.15) is 11.6 Å². The fraction of sp³-hybridized carbons (Fsp3) is 0.370. The van der Waals surface area contributed by atoms with E-state index in [4.69, 9.17) is 4.74 Å².